The standard InChI is InChI=1S/C11H10F4N2O4/c1-10(19,5-12)9(18)16-6-2-3-8(17(20)21)7(4-6)11(13,14)15/h2-4,19H,5H2,1H3,(H,16,18)/t10-/m0/s1/i12-1. The number of rotatable bonds is 4. The van der Waals surface area contributed by atoms with E-state index in [0.717, 1.165) is 13.0 Å². The summed E-state index contributed by atoms with van der Waals surface area (Å²) in [5.41, 5.74) is -5.62. The van der Waals surface area contributed by atoms with Gasteiger partial charge in [-0.3, -0.25) is 14.9 Å². The zero-order valence-electron chi connectivity index (χ0n) is 10.6. The molecular formula is C11H10F4N2O4. The first-order valence-corrected chi connectivity index (χ1v) is 5.44. The maximum absolute atomic E-state index is 12.7. The Bertz CT molecular complexity index is 572. The zero-order chi connectivity index (χ0) is 16.4. The topological polar surface area (TPSA) is 92.5 Å². The van der Waals surface area contributed by atoms with Crippen LogP contribution < -0.4 is 5.32 Å². The number of aliphatic hydroxyl groups is 1. The predicted octanol–water partition coefficient (Wildman–Crippen LogP) is 2.27. The molecule has 2 N–H and O–H groups in total. The Kier molecular flexibility index (Phi) is 4.52. The highest BCUT2D eigenvalue weighted by Gasteiger charge is 2.39. The van der Waals surface area contributed by atoms with E-state index in [2.05, 4.69) is 0 Å². The van der Waals surface area contributed by atoms with Gasteiger partial charge in [0.2, 0.25) is 0 Å². The third kappa shape index (κ3) is 3.88. The molecule has 6 nitrogen and oxygen atoms in total. The van der Waals surface area contributed by atoms with E-state index in [0.29, 0.717) is 12.1 Å². The van der Waals surface area contributed by atoms with Gasteiger partial charge in [0.05, 0.1) is 4.92 Å². The number of hydrogen-bond donors (Lipinski definition) is 2. The fourth-order valence-electron chi connectivity index (χ4n) is 1.33. The van der Waals surface area contributed by atoms with Crippen molar-refractivity contribution in [2.45, 2.75) is 18.7 Å². The second-order valence-electron chi connectivity index (χ2n) is 4.35. The van der Waals surface area contributed by atoms with Gasteiger partial charge >= 0.3 is 6.18 Å². The smallest absolute Gasteiger partial charge is 0.378 e. The number of nitro groups is 1. The largest absolute Gasteiger partial charge is 0.423 e. The van der Waals surface area contributed by atoms with Gasteiger partial charge < -0.3 is 10.4 Å². The van der Waals surface area contributed by atoms with Crippen molar-refractivity contribution in [1.29, 1.82) is 0 Å². The van der Waals surface area contributed by atoms with Gasteiger partial charge in [-0.1, -0.05) is 0 Å². The quantitative estimate of drug-likeness (QED) is 0.507. The van der Waals surface area contributed by atoms with Gasteiger partial charge in [-0.25, -0.2) is 4.39 Å². The molecule has 1 aromatic rings. The fraction of sp³-hybridized carbons (Fsp3) is 0.364. The number of alkyl halides is 4. The highest BCUT2D eigenvalue weighted by molar-refractivity contribution is 5.97. The van der Waals surface area contributed by atoms with Crippen molar-refractivity contribution in [2.24, 2.45) is 0 Å². The molecule has 0 aromatic heterocycles. The molecule has 0 aliphatic heterocycles. The van der Waals surface area contributed by atoms with Gasteiger partial charge in [0, 0.05) is 11.8 Å². The third-order valence-corrected chi connectivity index (χ3v) is 2.51. The molecule has 0 saturated heterocycles. The van der Waals surface area contributed by atoms with Crippen LogP contribution >= 0.6 is 0 Å². The average Bonchev–Trinajstić information content (AvgIpc) is 2.37. The lowest BCUT2D eigenvalue weighted by molar-refractivity contribution is -0.388. The summed E-state index contributed by atoms with van der Waals surface area (Å²) in [5, 5.41) is 21.7. The molecular weight excluding hydrogens is 299 g/mol. The molecule has 0 aliphatic rings. The van der Waals surface area contributed by atoms with E-state index in [1.54, 1.807) is 0 Å². The second-order valence-corrected chi connectivity index (χ2v) is 4.35. The number of nitro benzene ring substituents is 1. The number of nitrogens with one attached hydrogen (secondary N) is 1. The summed E-state index contributed by atoms with van der Waals surface area (Å²) in [6.07, 6.45) is -5.01. The Balaban J connectivity index is 3.18. The summed E-state index contributed by atoms with van der Waals surface area (Å²) in [6.45, 7) is -0.615. The summed E-state index contributed by atoms with van der Waals surface area (Å²) in [4.78, 5) is 20.7. The van der Waals surface area contributed by atoms with E-state index in [9.17, 15) is 37.6 Å². The number of benzene rings is 1. The molecule has 1 rings (SSSR count). The first-order valence-electron chi connectivity index (χ1n) is 5.44. The van der Waals surface area contributed by atoms with Crippen molar-refractivity contribution in [3.05, 3.63) is 33.9 Å². The first-order chi connectivity index (χ1) is 9.49. The van der Waals surface area contributed by atoms with E-state index in [1.165, 1.54) is 0 Å². The maximum atomic E-state index is 12.7. The van der Waals surface area contributed by atoms with Crippen LogP contribution in [0.5, 0.6) is 0 Å². The number of anilines is 1. The van der Waals surface area contributed by atoms with Crippen LogP contribution in [0.4, 0.5) is 28.9 Å². The van der Waals surface area contributed by atoms with E-state index < -0.39 is 46.2 Å². The lowest BCUT2D eigenvalue weighted by Crippen LogP contribution is -2.42. The summed E-state index contributed by atoms with van der Waals surface area (Å²) < 4.78 is 50.5. The van der Waals surface area contributed by atoms with E-state index in [1.807, 2.05) is 5.32 Å². The summed E-state index contributed by atoms with van der Waals surface area (Å²) >= 11 is 0. The van der Waals surface area contributed by atoms with Crippen molar-refractivity contribution in [3.8, 4) is 0 Å². The van der Waals surface area contributed by atoms with Crippen LogP contribution in [0.15, 0.2) is 18.2 Å². The summed E-state index contributed by atoms with van der Waals surface area (Å²) in [6, 6.07) is 1.74. The Morgan fingerprint density at radius 2 is 2.00 bits per heavy atom. The predicted molar refractivity (Wildman–Crippen MR) is 63.3 cm³/mol. The normalized spacial score (nSPS) is 14.4. The Hall–Kier alpha value is -2.23. The van der Waals surface area contributed by atoms with Gasteiger partial charge in [-0.05, 0) is 19.1 Å². The van der Waals surface area contributed by atoms with Crippen LogP contribution in [0, 0.1) is 10.1 Å². The molecule has 116 valence electrons. The van der Waals surface area contributed by atoms with Crippen LogP contribution in [-0.2, 0) is 11.0 Å². The molecule has 0 aliphatic carbocycles. The lowest BCUT2D eigenvalue weighted by atomic mass is 10.1. The van der Waals surface area contributed by atoms with Gasteiger partial charge in [-0.2, -0.15) is 13.2 Å². The number of nitrogens with zero attached hydrogens (tertiary/aromatic N) is 1. The zero-order valence-corrected chi connectivity index (χ0v) is 10.6. The van der Waals surface area contributed by atoms with Gasteiger partial charge in [0.25, 0.3) is 11.6 Å². The molecule has 1 aromatic carbocycles. The average molecular weight is 309 g/mol. The molecule has 0 spiro atoms. The van der Waals surface area contributed by atoms with E-state index in [-0.39, 0.29) is 0 Å². The van der Waals surface area contributed by atoms with Crippen LogP contribution in [0.3, 0.4) is 0 Å². The van der Waals surface area contributed by atoms with Crippen molar-refractivity contribution in [2.75, 3.05) is 12.0 Å². The van der Waals surface area contributed by atoms with Crippen molar-refractivity contribution in [1.82, 2.24) is 0 Å². The number of carbonyl (C=O) groups is 1. The minimum absolute atomic E-state index is 0.338. The second kappa shape index (κ2) is 5.64. The van der Waals surface area contributed by atoms with Crippen molar-refractivity contribution >= 4 is 17.3 Å². The molecule has 0 fully saturated rings. The lowest BCUT2D eigenvalue weighted by Gasteiger charge is -2.18. The van der Waals surface area contributed by atoms with E-state index in [4.69, 9.17) is 0 Å². The van der Waals surface area contributed by atoms with Gasteiger partial charge in [0.1, 0.15) is 12.2 Å². The molecule has 0 heterocycles. The van der Waals surface area contributed by atoms with Crippen molar-refractivity contribution in [3.63, 3.8) is 0 Å². The minimum Gasteiger partial charge on any atom is -0.378 e. The highest BCUT2D eigenvalue weighted by atomic mass is 19.4. The Morgan fingerprint density at radius 3 is 2.43 bits per heavy atom. The molecule has 0 bridgehead atoms. The molecule has 0 radical (unpaired) electrons. The molecule has 10 heteroatoms. The molecule has 21 heavy (non-hydrogen) atoms. The number of halogens is 4. The van der Waals surface area contributed by atoms with Gasteiger partial charge in [0.15, 0.2) is 5.60 Å². The molecule has 0 saturated carbocycles. The fourth-order valence-corrected chi connectivity index (χ4v) is 1.33. The molecule has 1 amide bonds. The summed E-state index contributed by atoms with van der Waals surface area (Å²) in [7, 11) is 0. The van der Waals surface area contributed by atoms with Crippen molar-refractivity contribution < 1.29 is 32.4 Å². The van der Waals surface area contributed by atoms with Crippen LogP contribution in [0.1, 0.15) is 12.5 Å². The molecule has 0 unspecified atom stereocenters. The number of hydrogen-bond acceptors (Lipinski definition) is 4. The Labute approximate surface area is 115 Å². The minimum atomic E-state index is -5.01. The molecule has 1 atom stereocenters. The SMILES string of the molecule is C[C@](O)(C[18F])C(=O)Nc1ccc([N+](=O)[O-])c(C(F)(F)F)c1. The monoisotopic (exact) mass is 309 g/mol. The highest BCUT2D eigenvalue weighted by Crippen LogP contribution is 2.37. The van der Waals surface area contributed by atoms with E-state index >= 15 is 0 Å². The maximum Gasteiger partial charge on any atom is 0.423 e. The van der Waals surface area contributed by atoms with Crippen LogP contribution in [0.25, 0.3) is 0 Å². The third-order valence-electron chi connectivity index (χ3n) is 2.51. The number of carbonyl (C=O) groups excluding carboxylic acids is 1. The van der Waals surface area contributed by atoms with Gasteiger partial charge in [-0.15, -0.1) is 0 Å². The summed E-state index contributed by atoms with van der Waals surface area (Å²) in [5.74, 6) is -1.27. The Morgan fingerprint density at radius 1 is 1.43 bits per heavy atom. The first kappa shape index (κ1) is 16.8. The van der Waals surface area contributed by atoms with Crippen LogP contribution in [0.2, 0.25) is 0 Å². The number of amides is 1. The van der Waals surface area contributed by atoms with Crippen LogP contribution in [-0.4, -0.2) is 28.2 Å².